The van der Waals surface area contributed by atoms with Gasteiger partial charge in [0.25, 0.3) is 0 Å². The Bertz CT molecular complexity index is 420. The van der Waals surface area contributed by atoms with Gasteiger partial charge in [-0.1, -0.05) is 13.0 Å². The van der Waals surface area contributed by atoms with Gasteiger partial charge in [-0.25, -0.2) is 13.1 Å². The van der Waals surface area contributed by atoms with Gasteiger partial charge in [0.2, 0.25) is 10.0 Å². The lowest BCUT2D eigenvalue weighted by Crippen LogP contribution is -2.34. The Hall–Kier alpha value is -0.980. The maximum absolute atomic E-state index is 11.7. The third kappa shape index (κ3) is 6.68. The number of aromatic nitrogens is 1. The third-order valence-electron chi connectivity index (χ3n) is 2.40. The van der Waals surface area contributed by atoms with Gasteiger partial charge in [-0.3, -0.25) is 4.98 Å². The van der Waals surface area contributed by atoms with Gasteiger partial charge in [0.05, 0.1) is 5.75 Å². The second-order valence-corrected chi connectivity index (χ2v) is 5.96. The molecule has 0 radical (unpaired) electrons. The number of sulfonamides is 1. The molecule has 0 amide bonds. The summed E-state index contributed by atoms with van der Waals surface area (Å²) in [6, 6.07) is 5.50. The molecular weight excluding hydrogens is 250 g/mol. The molecule has 6 heteroatoms. The van der Waals surface area contributed by atoms with E-state index in [0.717, 1.165) is 18.7 Å². The SMILES string of the molecule is CCCNCCNS(=O)(=O)CCc1ccccn1. The van der Waals surface area contributed by atoms with Crippen LogP contribution in [0.15, 0.2) is 24.4 Å². The van der Waals surface area contributed by atoms with E-state index in [0.29, 0.717) is 19.5 Å². The summed E-state index contributed by atoms with van der Waals surface area (Å²) in [7, 11) is -3.20. The van der Waals surface area contributed by atoms with E-state index in [9.17, 15) is 8.42 Å². The molecule has 0 aromatic carbocycles. The van der Waals surface area contributed by atoms with Crippen LogP contribution in [0.1, 0.15) is 19.0 Å². The van der Waals surface area contributed by atoms with Crippen molar-refractivity contribution in [2.24, 2.45) is 0 Å². The number of hydrogen-bond acceptors (Lipinski definition) is 4. The van der Waals surface area contributed by atoms with E-state index in [2.05, 4.69) is 21.9 Å². The largest absolute Gasteiger partial charge is 0.315 e. The highest BCUT2D eigenvalue weighted by molar-refractivity contribution is 7.89. The van der Waals surface area contributed by atoms with Crippen LogP contribution in [0.2, 0.25) is 0 Å². The van der Waals surface area contributed by atoms with Gasteiger partial charge < -0.3 is 5.32 Å². The summed E-state index contributed by atoms with van der Waals surface area (Å²) in [5.41, 5.74) is 0.798. The van der Waals surface area contributed by atoms with Gasteiger partial charge >= 0.3 is 0 Å². The Morgan fingerprint density at radius 2 is 2.06 bits per heavy atom. The van der Waals surface area contributed by atoms with Crippen LogP contribution in [-0.2, 0) is 16.4 Å². The van der Waals surface area contributed by atoms with Crippen molar-refractivity contribution in [2.45, 2.75) is 19.8 Å². The van der Waals surface area contributed by atoms with E-state index in [1.807, 2.05) is 18.2 Å². The summed E-state index contributed by atoms with van der Waals surface area (Å²) >= 11 is 0. The van der Waals surface area contributed by atoms with Crippen molar-refractivity contribution in [3.8, 4) is 0 Å². The summed E-state index contributed by atoms with van der Waals surface area (Å²) < 4.78 is 25.9. The van der Waals surface area contributed by atoms with E-state index in [4.69, 9.17) is 0 Å². The van der Waals surface area contributed by atoms with E-state index >= 15 is 0 Å². The molecule has 18 heavy (non-hydrogen) atoms. The monoisotopic (exact) mass is 271 g/mol. The number of nitrogens with zero attached hydrogens (tertiary/aromatic N) is 1. The Kier molecular flexibility index (Phi) is 6.85. The number of nitrogens with one attached hydrogen (secondary N) is 2. The molecule has 0 atom stereocenters. The lowest BCUT2D eigenvalue weighted by Gasteiger charge is -2.07. The van der Waals surface area contributed by atoms with Gasteiger partial charge in [-0.15, -0.1) is 0 Å². The summed E-state index contributed by atoms with van der Waals surface area (Å²) in [4.78, 5) is 4.10. The first-order valence-corrected chi connectivity index (χ1v) is 7.87. The van der Waals surface area contributed by atoms with E-state index in [1.54, 1.807) is 6.20 Å². The van der Waals surface area contributed by atoms with Crippen LogP contribution in [0, 0.1) is 0 Å². The van der Waals surface area contributed by atoms with Gasteiger partial charge in [-0.2, -0.15) is 0 Å². The maximum atomic E-state index is 11.7. The number of pyridine rings is 1. The molecule has 1 aromatic rings. The second-order valence-electron chi connectivity index (χ2n) is 4.03. The molecule has 5 nitrogen and oxygen atoms in total. The van der Waals surface area contributed by atoms with Crippen LogP contribution in [0.5, 0.6) is 0 Å². The minimum atomic E-state index is -3.20. The molecule has 0 spiro atoms. The van der Waals surface area contributed by atoms with E-state index in [1.165, 1.54) is 0 Å². The number of aryl methyl sites for hydroxylation is 1. The lowest BCUT2D eigenvalue weighted by atomic mass is 10.3. The Labute approximate surface area is 109 Å². The van der Waals surface area contributed by atoms with Crippen LogP contribution in [0.4, 0.5) is 0 Å². The molecule has 102 valence electrons. The second kappa shape index (κ2) is 8.18. The van der Waals surface area contributed by atoms with Gasteiger partial charge in [0.15, 0.2) is 0 Å². The van der Waals surface area contributed by atoms with Crippen LogP contribution >= 0.6 is 0 Å². The summed E-state index contributed by atoms with van der Waals surface area (Å²) in [5.74, 6) is 0.0811. The lowest BCUT2D eigenvalue weighted by molar-refractivity contribution is 0.574. The molecule has 1 heterocycles. The molecule has 0 bridgehead atoms. The first-order chi connectivity index (χ1) is 8.64. The summed E-state index contributed by atoms with van der Waals surface area (Å²) in [6.45, 7) is 4.08. The highest BCUT2D eigenvalue weighted by atomic mass is 32.2. The standard InChI is InChI=1S/C12H21N3O2S/c1-2-7-13-9-10-15-18(16,17)11-6-12-5-3-4-8-14-12/h3-5,8,13,15H,2,6-7,9-11H2,1H3. The fourth-order valence-electron chi connectivity index (χ4n) is 1.45. The smallest absolute Gasteiger partial charge is 0.212 e. The van der Waals surface area contributed by atoms with Crippen molar-refractivity contribution in [3.05, 3.63) is 30.1 Å². The van der Waals surface area contributed by atoms with Crippen LogP contribution < -0.4 is 10.0 Å². The topological polar surface area (TPSA) is 71.1 Å². The fourth-order valence-corrected chi connectivity index (χ4v) is 2.49. The zero-order valence-corrected chi connectivity index (χ0v) is 11.5. The molecule has 0 aliphatic carbocycles. The average molecular weight is 271 g/mol. The van der Waals surface area contributed by atoms with Crippen LogP contribution in [0.3, 0.4) is 0 Å². The molecule has 0 saturated carbocycles. The first-order valence-electron chi connectivity index (χ1n) is 6.22. The molecule has 1 rings (SSSR count). The highest BCUT2D eigenvalue weighted by Crippen LogP contribution is 1.97. The average Bonchev–Trinajstić information content (AvgIpc) is 2.38. The quantitative estimate of drug-likeness (QED) is 0.643. The zero-order chi connectivity index (χ0) is 13.3. The summed E-state index contributed by atoms with van der Waals surface area (Å²) in [5, 5.41) is 3.14. The van der Waals surface area contributed by atoms with Crippen molar-refractivity contribution >= 4 is 10.0 Å². The van der Waals surface area contributed by atoms with Crippen molar-refractivity contribution in [1.82, 2.24) is 15.0 Å². The van der Waals surface area contributed by atoms with Crippen LogP contribution in [0.25, 0.3) is 0 Å². The van der Waals surface area contributed by atoms with Gasteiger partial charge in [0.1, 0.15) is 0 Å². The van der Waals surface area contributed by atoms with Crippen molar-refractivity contribution < 1.29 is 8.42 Å². The molecule has 0 aliphatic rings. The molecule has 0 aliphatic heterocycles. The Balaban J connectivity index is 2.23. The summed E-state index contributed by atoms with van der Waals surface area (Å²) in [6.07, 6.45) is 3.16. The predicted molar refractivity (Wildman–Crippen MR) is 72.9 cm³/mol. The Morgan fingerprint density at radius 1 is 1.22 bits per heavy atom. The van der Waals surface area contributed by atoms with E-state index in [-0.39, 0.29) is 5.75 Å². The first kappa shape index (κ1) is 15.1. The van der Waals surface area contributed by atoms with Crippen molar-refractivity contribution in [3.63, 3.8) is 0 Å². The fraction of sp³-hybridized carbons (Fsp3) is 0.583. The molecular formula is C12H21N3O2S. The predicted octanol–water partition coefficient (Wildman–Crippen LogP) is 0.543. The minimum absolute atomic E-state index is 0.0811. The van der Waals surface area contributed by atoms with Gasteiger partial charge in [0, 0.05) is 31.4 Å². The molecule has 0 fully saturated rings. The molecule has 0 unspecified atom stereocenters. The van der Waals surface area contributed by atoms with Crippen molar-refractivity contribution in [1.29, 1.82) is 0 Å². The maximum Gasteiger partial charge on any atom is 0.212 e. The Morgan fingerprint density at radius 3 is 2.72 bits per heavy atom. The normalized spacial score (nSPS) is 11.6. The number of hydrogen-bond donors (Lipinski definition) is 2. The number of rotatable bonds is 9. The molecule has 2 N–H and O–H groups in total. The minimum Gasteiger partial charge on any atom is -0.315 e. The van der Waals surface area contributed by atoms with Gasteiger partial charge in [-0.05, 0) is 25.1 Å². The van der Waals surface area contributed by atoms with Crippen molar-refractivity contribution in [2.75, 3.05) is 25.4 Å². The zero-order valence-electron chi connectivity index (χ0n) is 10.7. The molecule has 1 aromatic heterocycles. The van der Waals surface area contributed by atoms with Crippen LogP contribution in [-0.4, -0.2) is 38.8 Å². The molecule has 0 saturated heterocycles. The third-order valence-corrected chi connectivity index (χ3v) is 3.79. The van der Waals surface area contributed by atoms with E-state index < -0.39 is 10.0 Å². The highest BCUT2D eigenvalue weighted by Gasteiger charge is 2.09.